The minimum atomic E-state index is -0.00672. The average molecular weight is 304 g/mol. The van der Waals surface area contributed by atoms with E-state index in [0.717, 1.165) is 30.2 Å². The molecule has 21 heavy (non-hydrogen) atoms. The predicted octanol–water partition coefficient (Wildman–Crippen LogP) is 3.20. The van der Waals surface area contributed by atoms with Crippen molar-refractivity contribution in [1.29, 1.82) is 0 Å². The van der Waals surface area contributed by atoms with Crippen molar-refractivity contribution in [2.75, 3.05) is 11.9 Å². The van der Waals surface area contributed by atoms with Gasteiger partial charge in [0.05, 0.1) is 11.2 Å². The second kappa shape index (κ2) is 6.00. The van der Waals surface area contributed by atoms with Crippen LogP contribution in [0.3, 0.4) is 0 Å². The molecule has 2 aromatic rings. The molecule has 0 aliphatic heterocycles. The van der Waals surface area contributed by atoms with Crippen molar-refractivity contribution < 1.29 is 4.79 Å². The monoisotopic (exact) mass is 303 g/mol. The van der Waals surface area contributed by atoms with Crippen molar-refractivity contribution in [1.82, 2.24) is 4.98 Å². The van der Waals surface area contributed by atoms with Crippen LogP contribution in [0.2, 0.25) is 5.02 Å². The summed E-state index contributed by atoms with van der Waals surface area (Å²) in [5, 5.41) is 4.50. The highest BCUT2D eigenvalue weighted by molar-refractivity contribution is 6.32. The Labute approximate surface area is 128 Å². The molecule has 1 aliphatic rings. The maximum atomic E-state index is 12.5. The van der Waals surface area contributed by atoms with Crippen LogP contribution in [0.15, 0.2) is 30.5 Å². The van der Waals surface area contributed by atoms with Gasteiger partial charge < -0.3 is 11.1 Å². The van der Waals surface area contributed by atoms with Crippen molar-refractivity contribution in [3.05, 3.63) is 35.5 Å². The van der Waals surface area contributed by atoms with Crippen LogP contribution in [0.4, 0.5) is 5.69 Å². The number of pyridine rings is 1. The van der Waals surface area contributed by atoms with Crippen LogP contribution in [0.5, 0.6) is 0 Å². The van der Waals surface area contributed by atoms with Crippen molar-refractivity contribution in [3.8, 4) is 0 Å². The summed E-state index contributed by atoms with van der Waals surface area (Å²) in [7, 11) is 0. The fraction of sp³-hybridized carbons (Fsp3) is 0.375. The van der Waals surface area contributed by atoms with Gasteiger partial charge in [0.15, 0.2) is 0 Å². The highest BCUT2D eigenvalue weighted by Crippen LogP contribution is 2.33. The Morgan fingerprint density at radius 2 is 2.29 bits per heavy atom. The number of halogens is 1. The Hall–Kier alpha value is -1.65. The molecule has 3 rings (SSSR count). The number of benzene rings is 1. The van der Waals surface area contributed by atoms with E-state index in [1.165, 1.54) is 0 Å². The van der Waals surface area contributed by atoms with Gasteiger partial charge in [-0.1, -0.05) is 24.1 Å². The fourth-order valence-corrected chi connectivity index (χ4v) is 3.37. The molecule has 0 radical (unpaired) electrons. The van der Waals surface area contributed by atoms with Crippen LogP contribution in [0, 0.1) is 11.8 Å². The number of amides is 1. The maximum absolute atomic E-state index is 12.5. The number of carbonyl (C=O) groups is 1. The number of hydrogen-bond acceptors (Lipinski definition) is 3. The van der Waals surface area contributed by atoms with Crippen molar-refractivity contribution in [2.24, 2.45) is 17.6 Å². The normalized spacial score (nSPS) is 21.6. The molecule has 1 aromatic carbocycles. The molecule has 0 saturated heterocycles. The van der Waals surface area contributed by atoms with E-state index in [1.807, 2.05) is 18.2 Å². The average Bonchev–Trinajstić information content (AvgIpc) is 2.95. The first-order valence-corrected chi connectivity index (χ1v) is 7.62. The van der Waals surface area contributed by atoms with Crippen LogP contribution >= 0.6 is 11.6 Å². The van der Waals surface area contributed by atoms with Crippen LogP contribution in [-0.4, -0.2) is 17.4 Å². The predicted molar refractivity (Wildman–Crippen MR) is 85.3 cm³/mol. The molecule has 1 aromatic heterocycles. The fourth-order valence-electron chi connectivity index (χ4n) is 3.14. The second-order valence-electron chi connectivity index (χ2n) is 5.55. The van der Waals surface area contributed by atoms with E-state index < -0.39 is 0 Å². The minimum Gasteiger partial charge on any atom is -0.330 e. The van der Waals surface area contributed by atoms with Crippen LogP contribution < -0.4 is 11.1 Å². The zero-order valence-electron chi connectivity index (χ0n) is 11.7. The first kappa shape index (κ1) is 14.3. The molecule has 4 nitrogen and oxygen atoms in total. The minimum absolute atomic E-state index is 0.00672. The number of nitrogens with two attached hydrogens (primary N) is 1. The molecule has 0 bridgehead atoms. The number of hydrogen-bond donors (Lipinski definition) is 2. The molecule has 2 atom stereocenters. The lowest BCUT2D eigenvalue weighted by Crippen LogP contribution is -2.29. The molecule has 1 saturated carbocycles. The van der Waals surface area contributed by atoms with Gasteiger partial charge in [-0.05, 0) is 43.5 Å². The lowest BCUT2D eigenvalue weighted by molar-refractivity contribution is -0.120. The summed E-state index contributed by atoms with van der Waals surface area (Å²) in [5.74, 6) is 0.299. The number of aromatic nitrogens is 1. The molecule has 2 unspecified atom stereocenters. The highest BCUT2D eigenvalue weighted by Gasteiger charge is 2.32. The van der Waals surface area contributed by atoms with Crippen LogP contribution in [0.25, 0.3) is 10.9 Å². The van der Waals surface area contributed by atoms with Gasteiger partial charge in [0.25, 0.3) is 0 Å². The van der Waals surface area contributed by atoms with Crippen molar-refractivity contribution >= 4 is 34.1 Å². The Morgan fingerprint density at radius 1 is 1.43 bits per heavy atom. The van der Waals surface area contributed by atoms with E-state index in [0.29, 0.717) is 17.3 Å². The first-order valence-electron chi connectivity index (χ1n) is 7.24. The van der Waals surface area contributed by atoms with Gasteiger partial charge in [-0.3, -0.25) is 9.78 Å². The third-order valence-corrected chi connectivity index (χ3v) is 4.44. The Morgan fingerprint density at radius 3 is 3.10 bits per heavy atom. The molecular formula is C16H18ClN3O. The Bertz CT molecular complexity index is 674. The molecular weight excluding hydrogens is 286 g/mol. The molecule has 110 valence electrons. The van der Waals surface area contributed by atoms with Crippen molar-refractivity contribution in [3.63, 3.8) is 0 Å². The van der Waals surface area contributed by atoms with Gasteiger partial charge in [0.1, 0.15) is 0 Å². The molecule has 1 fully saturated rings. The highest BCUT2D eigenvalue weighted by atomic mass is 35.5. The van der Waals surface area contributed by atoms with Gasteiger partial charge >= 0.3 is 0 Å². The summed E-state index contributed by atoms with van der Waals surface area (Å²) in [5.41, 5.74) is 7.19. The van der Waals surface area contributed by atoms with Gasteiger partial charge in [0, 0.05) is 22.5 Å². The summed E-state index contributed by atoms with van der Waals surface area (Å²) >= 11 is 6.12. The van der Waals surface area contributed by atoms with E-state index in [-0.39, 0.29) is 17.7 Å². The lowest BCUT2D eigenvalue weighted by Gasteiger charge is -2.18. The standard InChI is InChI=1S/C16H18ClN3O/c17-12-7-10-4-2-6-19-15(10)14(8-12)20-16(21)13-5-1-3-11(13)9-18/h2,4,6-8,11,13H,1,3,5,9,18H2,(H,20,21). The van der Waals surface area contributed by atoms with Crippen LogP contribution in [0.1, 0.15) is 19.3 Å². The van der Waals surface area contributed by atoms with E-state index in [2.05, 4.69) is 10.3 Å². The zero-order valence-corrected chi connectivity index (χ0v) is 12.4. The van der Waals surface area contributed by atoms with E-state index in [4.69, 9.17) is 17.3 Å². The summed E-state index contributed by atoms with van der Waals surface area (Å²) in [4.78, 5) is 16.8. The molecule has 5 heteroatoms. The van der Waals surface area contributed by atoms with E-state index >= 15 is 0 Å². The number of nitrogens with zero attached hydrogens (tertiary/aromatic N) is 1. The second-order valence-corrected chi connectivity index (χ2v) is 5.99. The van der Waals surface area contributed by atoms with Crippen LogP contribution in [-0.2, 0) is 4.79 Å². The van der Waals surface area contributed by atoms with Crippen molar-refractivity contribution in [2.45, 2.75) is 19.3 Å². The SMILES string of the molecule is NCC1CCCC1C(=O)Nc1cc(Cl)cc2cccnc12. The molecule has 0 spiro atoms. The number of fused-ring (bicyclic) bond motifs is 1. The summed E-state index contributed by atoms with van der Waals surface area (Å²) in [6.45, 7) is 0.562. The zero-order chi connectivity index (χ0) is 14.8. The molecule has 1 amide bonds. The number of rotatable bonds is 3. The third kappa shape index (κ3) is 2.87. The van der Waals surface area contributed by atoms with E-state index in [1.54, 1.807) is 12.3 Å². The summed E-state index contributed by atoms with van der Waals surface area (Å²) < 4.78 is 0. The number of nitrogens with one attached hydrogen (secondary N) is 1. The first-order chi connectivity index (χ1) is 10.2. The summed E-state index contributed by atoms with van der Waals surface area (Å²) in [6.07, 6.45) is 4.71. The Balaban J connectivity index is 1.89. The lowest BCUT2D eigenvalue weighted by atomic mass is 9.95. The molecule has 1 heterocycles. The third-order valence-electron chi connectivity index (χ3n) is 4.23. The quantitative estimate of drug-likeness (QED) is 0.915. The number of carbonyl (C=O) groups excluding carboxylic acids is 1. The number of anilines is 1. The maximum Gasteiger partial charge on any atom is 0.227 e. The summed E-state index contributed by atoms with van der Waals surface area (Å²) in [6, 6.07) is 7.38. The van der Waals surface area contributed by atoms with Gasteiger partial charge in [-0.15, -0.1) is 0 Å². The topological polar surface area (TPSA) is 68.0 Å². The van der Waals surface area contributed by atoms with Gasteiger partial charge in [0.2, 0.25) is 5.91 Å². The molecule has 1 aliphatic carbocycles. The smallest absolute Gasteiger partial charge is 0.227 e. The van der Waals surface area contributed by atoms with Gasteiger partial charge in [-0.2, -0.15) is 0 Å². The van der Waals surface area contributed by atoms with E-state index in [9.17, 15) is 4.79 Å². The van der Waals surface area contributed by atoms with Gasteiger partial charge in [-0.25, -0.2) is 0 Å². The largest absolute Gasteiger partial charge is 0.330 e. The molecule has 3 N–H and O–H groups in total. The Kier molecular flexibility index (Phi) is 4.08.